The summed E-state index contributed by atoms with van der Waals surface area (Å²) in [6.45, 7) is 1.92. The van der Waals surface area contributed by atoms with Crippen LogP contribution in [0.3, 0.4) is 0 Å². The van der Waals surface area contributed by atoms with E-state index in [1.165, 1.54) is 0 Å². The lowest BCUT2D eigenvalue weighted by molar-refractivity contribution is 0.0683. The Labute approximate surface area is 115 Å². The summed E-state index contributed by atoms with van der Waals surface area (Å²) < 4.78 is 1.59. The lowest BCUT2D eigenvalue weighted by Gasteiger charge is -2.05. The minimum atomic E-state index is -1.11. The van der Waals surface area contributed by atoms with Gasteiger partial charge in [-0.25, -0.2) is 14.5 Å². The Morgan fingerprint density at radius 3 is 2.65 bits per heavy atom. The van der Waals surface area contributed by atoms with Crippen LogP contribution < -0.4 is 0 Å². The average Bonchev–Trinajstić information content (AvgIpc) is 2.91. The van der Waals surface area contributed by atoms with E-state index in [-0.39, 0.29) is 5.82 Å². The van der Waals surface area contributed by atoms with Gasteiger partial charge in [0.15, 0.2) is 0 Å². The molecular formula is C15H13N3O2. The van der Waals surface area contributed by atoms with Crippen molar-refractivity contribution >= 4 is 16.7 Å². The zero-order valence-electron chi connectivity index (χ0n) is 10.9. The minimum absolute atomic E-state index is 0.171. The van der Waals surface area contributed by atoms with Gasteiger partial charge in [0.05, 0.1) is 5.69 Å². The molecule has 0 aliphatic heterocycles. The molecule has 1 N–H and O–H groups in total. The number of aromatic nitrogens is 3. The molecule has 0 spiro atoms. The van der Waals surface area contributed by atoms with E-state index in [1.54, 1.807) is 4.68 Å². The molecular weight excluding hydrogens is 254 g/mol. The van der Waals surface area contributed by atoms with E-state index >= 15 is 0 Å². The average molecular weight is 267 g/mol. The molecule has 3 aromatic rings. The van der Waals surface area contributed by atoms with Crippen LogP contribution in [0.5, 0.6) is 0 Å². The summed E-state index contributed by atoms with van der Waals surface area (Å²) in [5.74, 6) is -0.646. The van der Waals surface area contributed by atoms with Crippen molar-refractivity contribution in [2.24, 2.45) is 0 Å². The largest absolute Gasteiger partial charge is 0.475 e. The van der Waals surface area contributed by atoms with E-state index in [0.29, 0.717) is 12.2 Å². The number of carboxylic acid groups (broad SMARTS) is 1. The molecule has 0 fully saturated rings. The van der Waals surface area contributed by atoms with Crippen LogP contribution in [0.4, 0.5) is 0 Å². The van der Waals surface area contributed by atoms with E-state index in [4.69, 9.17) is 5.11 Å². The highest BCUT2D eigenvalue weighted by Crippen LogP contribution is 2.19. The first-order chi connectivity index (χ1) is 9.69. The second-order valence-corrected chi connectivity index (χ2v) is 4.45. The van der Waals surface area contributed by atoms with Crippen molar-refractivity contribution in [3.63, 3.8) is 0 Å². The maximum Gasteiger partial charge on any atom is 0.375 e. The molecule has 0 aliphatic carbocycles. The van der Waals surface area contributed by atoms with Crippen LogP contribution in [0, 0.1) is 0 Å². The highest BCUT2D eigenvalue weighted by Gasteiger charge is 2.15. The van der Waals surface area contributed by atoms with Gasteiger partial charge in [0.2, 0.25) is 0 Å². The molecule has 0 amide bonds. The standard InChI is InChI=1S/C15H13N3O2/c1-2-13-16-14(15(19)20)17-18(13)12-8-7-10-5-3-4-6-11(10)9-12/h3-9H,2H2,1H3,(H,19,20). The van der Waals surface area contributed by atoms with Crippen molar-refractivity contribution in [2.75, 3.05) is 0 Å². The molecule has 0 bridgehead atoms. The van der Waals surface area contributed by atoms with Crippen molar-refractivity contribution in [3.05, 3.63) is 54.1 Å². The number of aromatic carboxylic acids is 1. The first-order valence-corrected chi connectivity index (χ1v) is 6.37. The number of aryl methyl sites for hydroxylation is 1. The Balaban J connectivity index is 2.16. The molecule has 0 saturated heterocycles. The summed E-state index contributed by atoms with van der Waals surface area (Å²) in [4.78, 5) is 15.0. The fraction of sp³-hybridized carbons (Fsp3) is 0.133. The van der Waals surface area contributed by atoms with Crippen LogP contribution in [0.2, 0.25) is 0 Å². The van der Waals surface area contributed by atoms with Gasteiger partial charge in [0.1, 0.15) is 5.82 Å². The van der Waals surface area contributed by atoms with Crippen LogP contribution in [0.15, 0.2) is 42.5 Å². The number of rotatable bonds is 3. The van der Waals surface area contributed by atoms with Gasteiger partial charge in [-0.15, -0.1) is 5.10 Å². The van der Waals surface area contributed by atoms with Gasteiger partial charge in [-0.1, -0.05) is 37.3 Å². The summed E-state index contributed by atoms with van der Waals surface area (Å²) in [5.41, 5.74) is 0.820. The SMILES string of the molecule is CCc1nc(C(=O)O)nn1-c1ccc2ccccc2c1. The van der Waals surface area contributed by atoms with Gasteiger partial charge in [-0.05, 0) is 22.9 Å². The third kappa shape index (κ3) is 2.03. The molecule has 0 radical (unpaired) electrons. The van der Waals surface area contributed by atoms with Crippen LogP contribution in [-0.2, 0) is 6.42 Å². The monoisotopic (exact) mass is 267 g/mol. The first kappa shape index (κ1) is 12.3. The van der Waals surface area contributed by atoms with E-state index in [0.717, 1.165) is 16.5 Å². The molecule has 0 unspecified atom stereocenters. The minimum Gasteiger partial charge on any atom is -0.475 e. The smallest absolute Gasteiger partial charge is 0.375 e. The van der Waals surface area contributed by atoms with Gasteiger partial charge >= 0.3 is 5.97 Å². The van der Waals surface area contributed by atoms with Crippen LogP contribution in [-0.4, -0.2) is 25.8 Å². The summed E-state index contributed by atoms with van der Waals surface area (Å²) in [5, 5.41) is 15.3. The quantitative estimate of drug-likeness (QED) is 0.792. The van der Waals surface area contributed by atoms with Gasteiger partial charge < -0.3 is 5.11 Å². The third-order valence-corrected chi connectivity index (χ3v) is 3.16. The van der Waals surface area contributed by atoms with Crippen molar-refractivity contribution in [3.8, 4) is 5.69 Å². The van der Waals surface area contributed by atoms with Crippen molar-refractivity contribution in [2.45, 2.75) is 13.3 Å². The molecule has 5 nitrogen and oxygen atoms in total. The number of carboxylic acids is 1. The second-order valence-electron chi connectivity index (χ2n) is 4.45. The van der Waals surface area contributed by atoms with E-state index < -0.39 is 5.97 Å². The van der Waals surface area contributed by atoms with Gasteiger partial charge in [-0.2, -0.15) is 0 Å². The molecule has 20 heavy (non-hydrogen) atoms. The number of carbonyl (C=O) groups is 1. The van der Waals surface area contributed by atoms with Crippen molar-refractivity contribution in [1.82, 2.24) is 14.8 Å². The number of hydrogen-bond acceptors (Lipinski definition) is 3. The second kappa shape index (κ2) is 4.77. The van der Waals surface area contributed by atoms with Gasteiger partial charge in [-0.3, -0.25) is 0 Å². The Morgan fingerprint density at radius 1 is 1.20 bits per heavy atom. The lowest BCUT2D eigenvalue weighted by atomic mass is 10.1. The summed E-state index contributed by atoms with van der Waals surface area (Å²) in [6, 6.07) is 13.9. The molecule has 5 heteroatoms. The molecule has 1 aromatic heterocycles. The summed E-state index contributed by atoms with van der Waals surface area (Å²) >= 11 is 0. The summed E-state index contributed by atoms with van der Waals surface area (Å²) in [7, 11) is 0. The van der Waals surface area contributed by atoms with Crippen LogP contribution >= 0.6 is 0 Å². The van der Waals surface area contributed by atoms with E-state index in [9.17, 15) is 4.79 Å². The lowest BCUT2D eigenvalue weighted by Crippen LogP contribution is -2.03. The van der Waals surface area contributed by atoms with Gasteiger partial charge in [0, 0.05) is 6.42 Å². The predicted molar refractivity (Wildman–Crippen MR) is 75.2 cm³/mol. The topological polar surface area (TPSA) is 68.0 Å². The zero-order chi connectivity index (χ0) is 14.1. The molecule has 0 saturated carbocycles. The maximum atomic E-state index is 11.0. The Kier molecular flexibility index (Phi) is 2.95. The van der Waals surface area contributed by atoms with Crippen LogP contribution in [0.1, 0.15) is 23.4 Å². The molecule has 0 atom stereocenters. The number of nitrogens with zero attached hydrogens (tertiary/aromatic N) is 3. The normalized spacial score (nSPS) is 10.8. The fourth-order valence-electron chi connectivity index (χ4n) is 2.18. The number of benzene rings is 2. The van der Waals surface area contributed by atoms with Crippen molar-refractivity contribution in [1.29, 1.82) is 0 Å². The molecule has 100 valence electrons. The molecule has 1 heterocycles. The molecule has 0 aliphatic rings. The highest BCUT2D eigenvalue weighted by molar-refractivity contribution is 5.85. The van der Waals surface area contributed by atoms with Gasteiger partial charge in [0.25, 0.3) is 5.82 Å². The van der Waals surface area contributed by atoms with Crippen LogP contribution in [0.25, 0.3) is 16.5 Å². The fourth-order valence-corrected chi connectivity index (χ4v) is 2.18. The molecule has 3 rings (SSSR count). The van der Waals surface area contributed by atoms with E-state index in [2.05, 4.69) is 10.1 Å². The Morgan fingerprint density at radius 2 is 1.95 bits per heavy atom. The maximum absolute atomic E-state index is 11.0. The van der Waals surface area contributed by atoms with E-state index in [1.807, 2.05) is 49.4 Å². The Hall–Kier alpha value is -2.69. The number of hydrogen-bond donors (Lipinski definition) is 1. The number of fused-ring (bicyclic) bond motifs is 1. The first-order valence-electron chi connectivity index (χ1n) is 6.37. The highest BCUT2D eigenvalue weighted by atomic mass is 16.4. The molecule has 2 aromatic carbocycles. The summed E-state index contributed by atoms with van der Waals surface area (Å²) in [6.07, 6.45) is 0.618. The zero-order valence-corrected chi connectivity index (χ0v) is 10.9. The third-order valence-electron chi connectivity index (χ3n) is 3.16. The Bertz CT molecular complexity index is 793. The predicted octanol–water partition coefficient (Wildman–Crippen LogP) is 2.68. The van der Waals surface area contributed by atoms with Crippen molar-refractivity contribution < 1.29 is 9.90 Å².